The van der Waals surface area contributed by atoms with Crippen molar-refractivity contribution in [2.24, 2.45) is 11.3 Å². The van der Waals surface area contributed by atoms with Gasteiger partial charge in [0.1, 0.15) is 11.3 Å². The Kier molecular flexibility index (Phi) is 7.93. The van der Waals surface area contributed by atoms with Gasteiger partial charge < -0.3 is 19.7 Å². The second-order valence-corrected chi connectivity index (χ2v) is 10.0. The van der Waals surface area contributed by atoms with Crippen molar-refractivity contribution in [1.82, 2.24) is 4.90 Å². The topological polar surface area (TPSA) is 96.3 Å². The molecule has 164 valence electrons. The van der Waals surface area contributed by atoms with Crippen LogP contribution in [0.5, 0.6) is 0 Å². The number of carbonyl (C=O) groups is 2. The first kappa shape index (κ1) is 24.7. The molecule has 0 aromatic carbocycles. The molecule has 0 aliphatic carbocycles. The van der Waals surface area contributed by atoms with Crippen molar-refractivity contribution in [1.29, 1.82) is 0 Å². The molecule has 1 aliphatic rings. The third-order valence-electron chi connectivity index (χ3n) is 5.28. The summed E-state index contributed by atoms with van der Waals surface area (Å²) in [5.74, 6) is -1.39. The molecule has 0 unspecified atom stereocenters. The van der Waals surface area contributed by atoms with E-state index in [-0.39, 0.29) is 18.1 Å². The van der Waals surface area contributed by atoms with Crippen LogP contribution in [0.3, 0.4) is 0 Å². The average Bonchev–Trinajstić information content (AvgIpc) is 2.71. The number of rotatable bonds is 8. The summed E-state index contributed by atoms with van der Waals surface area (Å²) in [6, 6.07) is -0.334. The highest BCUT2D eigenvalue weighted by Crippen LogP contribution is 2.42. The van der Waals surface area contributed by atoms with Crippen LogP contribution in [0.2, 0.25) is 0 Å². The highest BCUT2D eigenvalue weighted by atomic mass is 16.6. The molecule has 0 aromatic rings. The van der Waals surface area contributed by atoms with E-state index in [1.807, 2.05) is 55.4 Å². The zero-order valence-electron chi connectivity index (χ0n) is 18.7. The molecule has 0 radical (unpaired) electrons. The Labute approximate surface area is 169 Å². The van der Waals surface area contributed by atoms with E-state index in [9.17, 15) is 19.8 Å². The first-order valence-corrected chi connectivity index (χ1v) is 10.2. The maximum absolute atomic E-state index is 13.0. The van der Waals surface area contributed by atoms with E-state index in [1.54, 1.807) is 4.90 Å². The molecule has 1 aliphatic heterocycles. The number of carboxylic acid groups (broad SMARTS) is 1. The monoisotopic (exact) mass is 401 g/mol. The molecule has 7 nitrogen and oxygen atoms in total. The molecule has 1 heterocycles. The van der Waals surface area contributed by atoms with Crippen molar-refractivity contribution in [3.63, 3.8) is 0 Å². The lowest BCUT2D eigenvalue weighted by molar-refractivity contribution is -0.144. The standard InChI is InChI=1S/C21H39NO6/c1-9-14(17(24)25)12-16-15(13-20(5,6)10-11-23)22(21(7,8)27-16)18(26)28-19(2,3)4/h14-16,23H,9-13H2,1-8H3,(H,24,25)/t14-,15+,16+/m1/s1. The van der Waals surface area contributed by atoms with Crippen LogP contribution < -0.4 is 0 Å². The van der Waals surface area contributed by atoms with Crippen LogP contribution in [-0.2, 0) is 14.3 Å². The molecular weight excluding hydrogens is 362 g/mol. The minimum Gasteiger partial charge on any atom is -0.481 e. The number of amides is 1. The Morgan fingerprint density at radius 1 is 1.21 bits per heavy atom. The Morgan fingerprint density at radius 3 is 2.21 bits per heavy atom. The summed E-state index contributed by atoms with van der Waals surface area (Å²) < 4.78 is 11.8. The fourth-order valence-corrected chi connectivity index (χ4v) is 3.86. The second-order valence-electron chi connectivity index (χ2n) is 10.0. The van der Waals surface area contributed by atoms with Crippen LogP contribution in [0.15, 0.2) is 0 Å². The molecule has 2 N–H and O–H groups in total. The summed E-state index contributed by atoms with van der Waals surface area (Å²) >= 11 is 0. The van der Waals surface area contributed by atoms with Crippen molar-refractivity contribution in [3.8, 4) is 0 Å². The van der Waals surface area contributed by atoms with Crippen LogP contribution in [0, 0.1) is 11.3 Å². The molecule has 1 rings (SSSR count). The lowest BCUT2D eigenvalue weighted by atomic mass is 9.79. The van der Waals surface area contributed by atoms with E-state index in [1.165, 1.54) is 0 Å². The van der Waals surface area contributed by atoms with Gasteiger partial charge in [-0.2, -0.15) is 0 Å². The number of aliphatic hydroxyl groups is 1. The summed E-state index contributed by atoms with van der Waals surface area (Å²) in [7, 11) is 0. The average molecular weight is 402 g/mol. The molecule has 0 bridgehead atoms. The van der Waals surface area contributed by atoms with Crippen LogP contribution in [0.1, 0.15) is 81.1 Å². The quantitative estimate of drug-likeness (QED) is 0.637. The zero-order chi connectivity index (χ0) is 21.9. The summed E-state index contributed by atoms with van der Waals surface area (Å²) in [5.41, 5.74) is -1.81. The van der Waals surface area contributed by atoms with E-state index in [0.717, 1.165) is 0 Å². The summed E-state index contributed by atoms with van der Waals surface area (Å²) in [6.07, 6.45) is 1.10. The molecule has 28 heavy (non-hydrogen) atoms. The molecule has 1 fully saturated rings. The van der Waals surface area contributed by atoms with Crippen molar-refractivity contribution in [3.05, 3.63) is 0 Å². The highest BCUT2D eigenvalue weighted by molar-refractivity contribution is 5.71. The minimum atomic E-state index is -0.913. The van der Waals surface area contributed by atoms with E-state index < -0.39 is 35.4 Å². The van der Waals surface area contributed by atoms with E-state index in [4.69, 9.17) is 9.47 Å². The molecule has 0 saturated carbocycles. The number of nitrogens with zero attached hydrogens (tertiary/aromatic N) is 1. The van der Waals surface area contributed by atoms with Gasteiger partial charge in [-0.1, -0.05) is 20.8 Å². The molecule has 0 aromatic heterocycles. The lowest BCUT2D eigenvalue weighted by Crippen LogP contribution is -2.51. The van der Waals surface area contributed by atoms with Crippen molar-refractivity contribution >= 4 is 12.1 Å². The normalized spacial score (nSPS) is 23.5. The number of ether oxygens (including phenoxy) is 2. The third kappa shape index (κ3) is 6.62. The Balaban J connectivity index is 3.24. The number of hydrogen-bond acceptors (Lipinski definition) is 5. The van der Waals surface area contributed by atoms with Gasteiger partial charge in [0.25, 0.3) is 0 Å². The van der Waals surface area contributed by atoms with Crippen LogP contribution in [-0.4, -0.2) is 57.3 Å². The lowest BCUT2D eigenvalue weighted by Gasteiger charge is -2.38. The van der Waals surface area contributed by atoms with Gasteiger partial charge in [-0.05, 0) is 65.7 Å². The molecular formula is C21H39NO6. The van der Waals surface area contributed by atoms with Crippen LogP contribution in [0.25, 0.3) is 0 Å². The fraction of sp³-hybridized carbons (Fsp3) is 0.905. The van der Waals surface area contributed by atoms with Gasteiger partial charge in [-0.3, -0.25) is 9.69 Å². The molecule has 1 amide bonds. The Hall–Kier alpha value is -1.34. The van der Waals surface area contributed by atoms with Gasteiger partial charge in [-0.15, -0.1) is 0 Å². The van der Waals surface area contributed by atoms with E-state index in [0.29, 0.717) is 25.7 Å². The third-order valence-corrected chi connectivity index (χ3v) is 5.28. The Morgan fingerprint density at radius 2 is 1.79 bits per heavy atom. The van der Waals surface area contributed by atoms with Gasteiger partial charge in [0.05, 0.1) is 18.1 Å². The summed E-state index contributed by atoms with van der Waals surface area (Å²) in [6.45, 7) is 15.0. The van der Waals surface area contributed by atoms with Crippen molar-refractivity contribution in [2.45, 2.75) is 105 Å². The maximum Gasteiger partial charge on any atom is 0.412 e. The first-order chi connectivity index (χ1) is 12.6. The van der Waals surface area contributed by atoms with E-state index >= 15 is 0 Å². The number of carbonyl (C=O) groups excluding carboxylic acids is 1. The fourth-order valence-electron chi connectivity index (χ4n) is 3.86. The predicted molar refractivity (Wildman–Crippen MR) is 107 cm³/mol. The first-order valence-electron chi connectivity index (χ1n) is 10.2. The highest BCUT2D eigenvalue weighted by Gasteiger charge is 2.52. The van der Waals surface area contributed by atoms with Crippen molar-refractivity contribution in [2.75, 3.05) is 6.61 Å². The smallest absolute Gasteiger partial charge is 0.412 e. The second kappa shape index (κ2) is 8.99. The number of carboxylic acids is 1. The zero-order valence-corrected chi connectivity index (χ0v) is 18.7. The maximum atomic E-state index is 13.0. The number of aliphatic hydroxyl groups excluding tert-OH is 1. The number of hydrogen-bond donors (Lipinski definition) is 2. The van der Waals surface area contributed by atoms with Gasteiger partial charge in [-0.25, -0.2) is 4.79 Å². The SMILES string of the molecule is CC[C@H](C[C@@H]1OC(C)(C)N(C(=O)OC(C)(C)C)[C@H]1CC(C)(C)CCO)C(=O)O. The number of aliphatic carboxylic acids is 1. The molecule has 0 spiro atoms. The molecule has 3 atom stereocenters. The Bertz CT molecular complexity index is 552. The van der Waals surface area contributed by atoms with Gasteiger partial charge in [0, 0.05) is 6.61 Å². The van der Waals surface area contributed by atoms with Crippen LogP contribution in [0.4, 0.5) is 4.79 Å². The van der Waals surface area contributed by atoms with Gasteiger partial charge in [0.2, 0.25) is 0 Å². The molecule has 1 saturated heterocycles. The minimum absolute atomic E-state index is 0.0494. The largest absolute Gasteiger partial charge is 0.481 e. The van der Waals surface area contributed by atoms with Crippen LogP contribution >= 0.6 is 0 Å². The van der Waals surface area contributed by atoms with Gasteiger partial charge >= 0.3 is 12.1 Å². The summed E-state index contributed by atoms with van der Waals surface area (Å²) in [5, 5.41) is 18.9. The van der Waals surface area contributed by atoms with Crippen molar-refractivity contribution < 1.29 is 29.3 Å². The van der Waals surface area contributed by atoms with E-state index in [2.05, 4.69) is 0 Å². The molecule has 7 heteroatoms. The predicted octanol–water partition coefficient (Wildman–Crippen LogP) is 4.03. The summed E-state index contributed by atoms with van der Waals surface area (Å²) in [4.78, 5) is 26.2. The van der Waals surface area contributed by atoms with Gasteiger partial charge in [0.15, 0.2) is 0 Å².